The van der Waals surface area contributed by atoms with Gasteiger partial charge < -0.3 is 15.0 Å². The van der Waals surface area contributed by atoms with Crippen LogP contribution in [0.15, 0.2) is 66.2 Å². The minimum absolute atomic E-state index is 0.285. The Morgan fingerprint density at radius 2 is 1.74 bits per heavy atom. The summed E-state index contributed by atoms with van der Waals surface area (Å²) in [5.41, 5.74) is 1.43. The molecule has 1 fully saturated rings. The molecule has 35 heavy (non-hydrogen) atoms. The van der Waals surface area contributed by atoms with Crippen molar-refractivity contribution in [2.75, 3.05) is 4.90 Å². The number of benzene rings is 2. The van der Waals surface area contributed by atoms with E-state index in [0.717, 1.165) is 11.5 Å². The molecule has 184 valence electrons. The Bertz CT molecular complexity index is 1200. The van der Waals surface area contributed by atoms with Crippen molar-refractivity contribution in [1.82, 2.24) is 20.1 Å². The van der Waals surface area contributed by atoms with Crippen molar-refractivity contribution in [1.29, 1.82) is 0 Å². The summed E-state index contributed by atoms with van der Waals surface area (Å²) < 4.78 is 8.15. The summed E-state index contributed by atoms with van der Waals surface area (Å²) in [5.74, 6) is 1.44. The van der Waals surface area contributed by atoms with Gasteiger partial charge in [0, 0.05) is 10.7 Å². The van der Waals surface area contributed by atoms with E-state index in [9.17, 15) is 0 Å². The minimum Gasteiger partial charge on any atom is -0.466 e. The molecule has 4 rings (SSSR count). The van der Waals surface area contributed by atoms with Crippen molar-refractivity contribution in [3.63, 3.8) is 0 Å². The van der Waals surface area contributed by atoms with Gasteiger partial charge in [0.1, 0.15) is 30.3 Å². The highest BCUT2D eigenvalue weighted by Crippen LogP contribution is 2.36. The fourth-order valence-corrected chi connectivity index (χ4v) is 4.64. The first-order valence-electron chi connectivity index (χ1n) is 11.5. The van der Waals surface area contributed by atoms with E-state index in [4.69, 9.17) is 33.5 Å². The number of ether oxygens (including phenoxy) is 1. The Kier molecular flexibility index (Phi) is 6.88. The first-order valence-corrected chi connectivity index (χ1v) is 12.3. The number of amidine groups is 1. The van der Waals surface area contributed by atoms with Crippen LogP contribution in [0.1, 0.15) is 46.4 Å². The SMILES string of the molecule is Cc1ccc(N2C(=S)NC(=NC(C(Oc3ccc(Cl)cc3)n3cncn3)C(C)(C)C)C2(C)C)cc1. The zero-order valence-electron chi connectivity index (χ0n) is 20.9. The van der Waals surface area contributed by atoms with Crippen LogP contribution in [0, 0.1) is 12.3 Å². The predicted octanol–water partition coefficient (Wildman–Crippen LogP) is 5.80. The Morgan fingerprint density at radius 3 is 2.31 bits per heavy atom. The molecule has 0 radical (unpaired) electrons. The maximum atomic E-state index is 6.45. The molecular formula is C26H31ClN6OS. The average molecular weight is 511 g/mol. The number of aliphatic imine (C=N–C) groups is 1. The van der Waals surface area contributed by atoms with Gasteiger partial charge in [0.25, 0.3) is 0 Å². The second-order valence-electron chi connectivity index (χ2n) is 10.3. The number of nitrogens with zero attached hydrogens (tertiary/aromatic N) is 5. The van der Waals surface area contributed by atoms with Crippen LogP contribution >= 0.6 is 23.8 Å². The molecule has 1 aliphatic rings. The molecule has 0 spiro atoms. The third kappa shape index (κ3) is 5.33. The Hall–Kier alpha value is -2.97. The first-order chi connectivity index (χ1) is 16.5. The van der Waals surface area contributed by atoms with Crippen molar-refractivity contribution in [3.05, 3.63) is 71.8 Å². The van der Waals surface area contributed by atoms with Crippen LogP contribution in [0.25, 0.3) is 0 Å². The molecule has 0 saturated carbocycles. The molecule has 2 aromatic carbocycles. The van der Waals surface area contributed by atoms with Crippen molar-refractivity contribution < 1.29 is 4.74 Å². The molecule has 1 aromatic heterocycles. The van der Waals surface area contributed by atoms with E-state index in [2.05, 4.69) is 86.1 Å². The third-order valence-corrected chi connectivity index (χ3v) is 6.59. The van der Waals surface area contributed by atoms with Crippen LogP contribution in [0.2, 0.25) is 5.02 Å². The Balaban J connectivity index is 1.75. The third-order valence-electron chi connectivity index (χ3n) is 6.05. The molecule has 2 unspecified atom stereocenters. The predicted molar refractivity (Wildman–Crippen MR) is 145 cm³/mol. The normalized spacial score (nSPS) is 18.4. The fraction of sp³-hybridized carbons (Fsp3) is 0.385. The number of aromatic nitrogens is 3. The highest BCUT2D eigenvalue weighted by molar-refractivity contribution is 7.80. The maximum Gasteiger partial charge on any atom is 0.215 e. The molecule has 1 aliphatic heterocycles. The van der Waals surface area contributed by atoms with Crippen molar-refractivity contribution >= 4 is 40.5 Å². The van der Waals surface area contributed by atoms with Crippen LogP contribution in [-0.4, -0.2) is 37.3 Å². The van der Waals surface area contributed by atoms with Gasteiger partial charge >= 0.3 is 0 Å². The van der Waals surface area contributed by atoms with E-state index in [1.54, 1.807) is 23.1 Å². The summed E-state index contributed by atoms with van der Waals surface area (Å²) in [4.78, 5) is 11.5. The van der Waals surface area contributed by atoms with Gasteiger partial charge in [-0.25, -0.2) is 9.67 Å². The lowest BCUT2D eigenvalue weighted by Crippen LogP contribution is -2.46. The van der Waals surface area contributed by atoms with Gasteiger partial charge in [0.05, 0.1) is 5.54 Å². The van der Waals surface area contributed by atoms with Gasteiger partial charge in [-0.15, -0.1) is 0 Å². The minimum atomic E-state index is -0.550. The molecule has 0 amide bonds. The lowest BCUT2D eigenvalue weighted by molar-refractivity contribution is 0.0470. The van der Waals surface area contributed by atoms with Crippen LogP contribution in [0.4, 0.5) is 5.69 Å². The highest BCUT2D eigenvalue weighted by atomic mass is 35.5. The number of thiocarbonyl (C=S) groups is 1. The van der Waals surface area contributed by atoms with Crippen molar-refractivity contribution in [3.8, 4) is 5.75 Å². The van der Waals surface area contributed by atoms with Gasteiger partial charge in [0.15, 0.2) is 5.11 Å². The zero-order valence-corrected chi connectivity index (χ0v) is 22.4. The van der Waals surface area contributed by atoms with E-state index in [-0.39, 0.29) is 11.5 Å². The Labute approximate surface area is 217 Å². The topological polar surface area (TPSA) is 67.6 Å². The van der Waals surface area contributed by atoms with E-state index in [1.807, 2.05) is 12.1 Å². The first kappa shape index (κ1) is 25.1. The molecule has 2 heterocycles. The van der Waals surface area contributed by atoms with E-state index in [1.165, 1.54) is 11.9 Å². The van der Waals surface area contributed by atoms with Gasteiger partial charge in [-0.3, -0.25) is 4.99 Å². The van der Waals surface area contributed by atoms with Crippen LogP contribution in [0.5, 0.6) is 5.75 Å². The van der Waals surface area contributed by atoms with Crippen LogP contribution in [0.3, 0.4) is 0 Å². The smallest absolute Gasteiger partial charge is 0.215 e. The lowest BCUT2D eigenvalue weighted by atomic mass is 9.85. The summed E-state index contributed by atoms with van der Waals surface area (Å²) in [6, 6.07) is 15.3. The molecular weight excluding hydrogens is 480 g/mol. The number of anilines is 1. The fourth-order valence-electron chi connectivity index (χ4n) is 4.08. The maximum absolute atomic E-state index is 6.45. The molecule has 2 atom stereocenters. The van der Waals surface area contributed by atoms with Crippen molar-refractivity contribution in [2.24, 2.45) is 10.4 Å². The second-order valence-corrected chi connectivity index (χ2v) is 11.1. The summed E-state index contributed by atoms with van der Waals surface area (Å²) in [7, 11) is 0. The summed E-state index contributed by atoms with van der Waals surface area (Å²) in [6.45, 7) is 12.7. The van der Waals surface area contributed by atoms with E-state index in [0.29, 0.717) is 15.9 Å². The monoisotopic (exact) mass is 510 g/mol. The zero-order chi connectivity index (χ0) is 25.4. The molecule has 3 aromatic rings. The van der Waals surface area contributed by atoms with E-state index >= 15 is 0 Å². The highest BCUT2D eigenvalue weighted by Gasteiger charge is 2.45. The van der Waals surface area contributed by atoms with E-state index < -0.39 is 11.8 Å². The van der Waals surface area contributed by atoms with Gasteiger partial charge in [-0.05, 0) is 74.8 Å². The van der Waals surface area contributed by atoms with Crippen LogP contribution in [-0.2, 0) is 0 Å². The Morgan fingerprint density at radius 1 is 1.09 bits per heavy atom. The largest absolute Gasteiger partial charge is 0.466 e. The molecule has 1 N–H and O–H groups in total. The summed E-state index contributed by atoms with van der Waals surface area (Å²) in [6.07, 6.45) is 2.60. The summed E-state index contributed by atoms with van der Waals surface area (Å²) >= 11 is 11.8. The molecule has 0 aliphatic carbocycles. The second kappa shape index (κ2) is 9.59. The quantitative estimate of drug-likeness (QED) is 0.422. The average Bonchev–Trinajstić information content (AvgIpc) is 3.38. The van der Waals surface area contributed by atoms with Crippen molar-refractivity contribution in [2.45, 2.75) is 59.4 Å². The van der Waals surface area contributed by atoms with Gasteiger partial charge in [-0.2, -0.15) is 5.10 Å². The number of halogens is 1. The molecule has 0 bridgehead atoms. The lowest BCUT2D eigenvalue weighted by Gasteiger charge is -2.36. The molecule has 7 nitrogen and oxygen atoms in total. The van der Waals surface area contributed by atoms with Gasteiger partial charge in [-0.1, -0.05) is 50.1 Å². The van der Waals surface area contributed by atoms with Gasteiger partial charge in [0.2, 0.25) is 6.23 Å². The van der Waals surface area contributed by atoms with Crippen LogP contribution < -0.4 is 15.0 Å². The molecule has 1 saturated heterocycles. The number of hydrogen-bond acceptors (Lipinski definition) is 5. The molecule has 9 heteroatoms. The summed E-state index contributed by atoms with van der Waals surface area (Å²) in [5, 5.41) is 9.02. The standard InChI is InChI=1S/C26H31ClN6OS/c1-17-7-11-19(12-8-17)33-24(35)31-23(26(33,5)6)30-21(25(2,3)4)22(32-16-28-15-29-32)34-20-13-9-18(27)10-14-20/h7-16,21-22H,1-6H3,(H,30,31,35). The number of hydrogen-bond donors (Lipinski definition) is 1. The number of rotatable bonds is 6. The number of nitrogens with one attached hydrogen (secondary N) is 1. The number of aryl methyl sites for hydroxylation is 1.